The van der Waals surface area contributed by atoms with Crippen LogP contribution in [-0.4, -0.2) is 145 Å². The Balaban J connectivity index is 0.000000316. The van der Waals surface area contributed by atoms with Crippen LogP contribution in [0, 0.1) is 18.8 Å². The highest BCUT2D eigenvalue weighted by molar-refractivity contribution is 6.02. The van der Waals surface area contributed by atoms with E-state index in [0.717, 1.165) is 0 Å². The van der Waals surface area contributed by atoms with Crippen molar-refractivity contribution in [1.82, 2.24) is 21.3 Å². The van der Waals surface area contributed by atoms with Crippen LogP contribution in [0.1, 0.15) is 66.8 Å². The smallest absolute Gasteiger partial charge is 0.252 e. The number of aryl methyl sites for hydroxylation is 1. The Bertz CT molecular complexity index is 1780. The van der Waals surface area contributed by atoms with E-state index in [1.54, 1.807) is 37.3 Å². The summed E-state index contributed by atoms with van der Waals surface area (Å²) in [5.74, 6) is -1.96. The maximum Gasteiger partial charge on any atom is 0.252 e. The Labute approximate surface area is 343 Å². The summed E-state index contributed by atoms with van der Waals surface area (Å²) in [5, 5.41) is 48.2. The predicted molar refractivity (Wildman–Crippen MR) is 212 cm³/mol. The van der Waals surface area contributed by atoms with Crippen LogP contribution < -0.4 is 30.7 Å². The number of epoxide rings is 2. The van der Waals surface area contributed by atoms with Crippen LogP contribution in [0.3, 0.4) is 0 Å². The minimum atomic E-state index is -1.27. The number of rotatable bonds is 22. The molecule has 0 radical (unpaired) electrons. The largest absolute Gasteiger partial charge is 0.497 e. The number of ether oxygens (including phenoxy) is 4. The molecular weight excluding hydrogens is 772 g/mol. The van der Waals surface area contributed by atoms with E-state index in [-0.39, 0.29) is 30.6 Å². The molecule has 0 aliphatic carbocycles. The molecular formula is C41H58N4O14. The minimum absolute atomic E-state index is 0.0814. The first-order chi connectivity index (χ1) is 27.9. The number of ketones is 2. The van der Waals surface area contributed by atoms with Gasteiger partial charge in [-0.25, -0.2) is 0 Å². The first-order valence-electron chi connectivity index (χ1n) is 19.2. The number of aliphatic hydroxyl groups excluding tert-OH is 4. The molecule has 0 saturated carbocycles. The monoisotopic (exact) mass is 830 g/mol. The van der Waals surface area contributed by atoms with Gasteiger partial charge in [-0.2, -0.15) is 0 Å². The van der Waals surface area contributed by atoms with Crippen LogP contribution in [0.2, 0.25) is 0 Å². The molecule has 6 atom stereocenters. The van der Waals surface area contributed by atoms with E-state index in [9.17, 15) is 49.2 Å². The molecule has 2 aromatic rings. The Hall–Kier alpha value is -4.98. The zero-order chi connectivity index (χ0) is 44.1. The van der Waals surface area contributed by atoms with Crippen molar-refractivity contribution in [3.05, 3.63) is 59.2 Å². The van der Waals surface area contributed by atoms with E-state index in [2.05, 4.69) is 21.3 Å². The first kappa shape index (κ1) is 48.4. The number of hydrogen-bond acceptors (Lipinski definition) is 14. The highest BCUT2D eigenvalue weighted by atomic mass is 16.6. The minimum Gasteiger partial charge on any atom is -0.497 e. The average Bonchev–Trinajstić information content (AvgIpc) is 4.16. The number of Topliss-reactive ketones (excluding diaryl/α,β-unsaturated/α-hetero) is 2. The van der Waals surface area contributed by atoms with Crippen molar-refractivity contribution >= 4 is 35.2 Å². The molecule has 4 rings (SSSR count). The molecule has 2 saturated heterocycles. The zero-order valence-corrected chi connectivity index (χ0v) is 34.5. The van der Waals surface area contributed by atoms with Crippen molar-refractivity contribution in [2.75, 3.05) is 53.9 Å². The van der Waals surface area contributed by atoms with Crippen molar-refractivity contribution in [2.45, 2.75) is 82.8 Å². The standard InChI is InChI=1S/C21H30N2O7.C20H28N2O7/c1-12(2)7-16(18(26)21(10-25)11-30-21)22-20(28)17(9-24)23-19(27)15-6-5-14(29-4)8-13(15)3;1-12(2)8-15(17(25)20(10-24)11-29-20)21-19(27)16(9-23)22-18(26)13-4-6-14(28-3)7-5-13/h5-6,8,12,16-17,24-25H,7,9-11H2,1-4H3,(H,22,28)(H,23,27);4-7,12,15-16,23-24H,8-11H2,1-3H3,(H,21,27)(H,22,26)/t16-,17-,21+;15-,16-,20+/m00/s1. The number of nitrogens with one attached hydrogen (secondary N) is 4. The summed E-state index contributed by atoms with van der Waals surface area (Å²) in [6, 6.07) is 6.85. The highest BCUT2D eigenvalue weighted by Crippen LogP contribution is 2.31. The lowest BCUT2D eigenvalue weighted by atomic mass is 9.92. The maximum atomic E-state index is 12.7. The lowest BCUT2D eigenvalue weighted by molar-refractivity contribution is -0.133. The van der Waals surface area contributed by atoms with E-state index in [0.29, 0.717) is 35.5 Å². The van der Waals surface area contributed by atoms with Gasteiger partial charge in [0.2, 0.25) is 11.8 Å². The number of carbonyl (C=O) groups excluding carboxylic acids is 6. The van der Waals surface area contributed by atoms with Crippen LogP contribution in [0.25, 0.3) is 0 Å². The zero-order valence-electron chi connectivity index (χ0n) is 34.5. The fraction of sp³-hybridized carbons (Fsp3) is 0.561. The van der Waals surface area contributed by atoms with Crippen LogP contribution in [0.15, 0.2) is 42.5 Å². The van der Waals surface area contributed by atoms with Gasteiger partial charge in [-0.1, -0.05) is 27.7 Å². The molecule has 59 heavy (non-hydrogen) atoms. The van der Waals surface area contributed by atoms with Crippen molar-refractivity contribution in [1.29, 1.82) is 0 Å². The van der Waals surface area contributed by atoms with Crippen molar-refractivity contribution < 1.29 is 68.1 Å². The summed E-state index contributed by atoms with van der Waals surface area (Å²) in [6.45, 7) is 7.28. The normalized spacial score (nSPS) is 19.8. The van der Waals surface area contributed by atoms with E-state index in [1.807, 2.05) is 27.7 Å². The molecule has 8 N–H and O–H groups in total. The third-order valence-corrected chi connectivity index (χ3v) is 9.71. The maximum absolute atomic E-state index is 12.7. The van der Waals surface area contributed by atoms with Gasteiger partial charge in [0.1, 0.15) is 23.6 Å². The van der Waals surface area contributed by atoms with Gasteiger partial charge in [0.05, 0.1) is 65.9 Å². The fourth-order valence-corrected chi connectivity index (χ4v) is 6.01. The van der Waals surface area contributed by atoms with Gasteiger partial charge in [0.25, 0.3) is 11.8 Å². The Morgan fingerprint density at radius 3 is 1.37 bits per heavy atom. The number of carbonyl (C=O) groups is 6. The van der Waals surface area contributed by atoms with Gasteiger partial charge < -0.3 is 60.6 Å². The Kier molecular flexibility index (Phi) is 17.9. The first-order valence-corrected chi connectivity index (χ1v) is 19.2. The summed E-state index contributed by atoms with van der Waals surface area (Å²) in [5.41, 5.74) is -1.27. The van der Waals surface area contributed by atoms with Gasteiger partial charge in [-0.15, -0.1) is 0 Å². The summed E-state index contributed by atoms with van der Waals surface area (Å²) in [4.78, 5) is 75.7. The topological polar surface area (TPSA) is 275 Å². The third kappa shape index (κ3) is 13.3. The van der Waals surface area contributed by atoms with Crippen LogP contribution in [-0.2, 0) is 28.7 Å². The summed E-state index contributed by atoms with van der Waals surface area (Å²) < 4.78 is 20.4. The van der Waals surface area contributed by atoms with Crippen LogP contribution in [0.4, 0.5) is 0 Å². The van der Waals surface area contributed by atoms with E-state index in [1.165, 1.54) is 26.4 Å². The molecule has 326 valence electrons. The quantitative estimate of drug-likeness (QED) is 0.0702. The van der Waals surface area contributed by atoms with Crippen molar-refractivity contribution in [3.8, 4) is 11.5 Å². The van der Waals surface area contributed by atoms with Crippen molar-refractivity contribution in [2.24, 2.45) is 11.8 Å². The molecule has 18 heteroatoms. The molecule has 18 nitrogen and oxygen atoms in total. The number of aliphatic hydroxyl groups is 4. The third-order valence-electron chi connectivity index (χ3n) is 9.71. The van der Waals surface area contributed by atoms with Gasteiger partial charge in [-0.05, 0) is 79.6 Å². The SMILES string of the molecule is COc1ccc(C(=O)N[C@@H](CO)C(=O)N[C@@H](CC(C)C)C(=O)[C@@]2(CO)CO2)c(C)c1.COc1ccc(C(=O)N[C@@H](CO)C(=O)N[C@@H](CC(C)C)C(=O)[C@@]2(CO)CO2)cc1. The highest BCUT2D eigenvalue weighted by Gasteiger charge is 2.55. The molecule has 2 fully saturated rings. The fourth-order valence-electron chi connectivity index (χ4n) is 6.01. The number of benzene rings is 2. The van der Waals surface area contributed by atoms with Gasteiger partial charge >= 0.3 is 0 Å². The van der Waals surface area contributed by atoms with Gasteiger partial charge in [-0.3, -0.25) is 28.8 Å². The molecule has 0 unspecified atom stereocenters. The second-order valence-electron chi connectivity index (χ2n) is 15.3. The molecule has 0 bridgehead atoms. The number of amides is 4. The van der Waals surface area contributed by atoms with Crippen molar-refractivity contribution in [3.63, 3.8) is 0 Å². The second kappa shape index (κ2) is 21.9. The molecule has 2 aliphatic heterocycles. The molecule has 4 amide bonds. The molecule has 0 aromatic heterocycles. The molecule has 0 spiro atoms. The van der Waals surface area contributed by atoms with Crippen LogP contribution >= 0.6 is 0 Å². The van der Waals surface area contributed by atoms with E-state index < -0.39 is 97.0 Å². The van der Waals surface area contributed by atoms with Gasteiger partial charge in [0, 0.05) is 11.1 Å². The van der Waals surface area contributed by atoms with Gasteiger partial charge in [0.15, 0.2) is 22.8 Å². The molecule has 2 aliphatic rings. The summed E-state index contributed by atoms with van der Waals surface area (Å²) in [6.07, 6.45) is 0.666. The lowest BCUT2D eigenvalue weighted by Crippen LogP contribution is -2.55. The summed E-state index contributed by atoms with van der Waals surface area (Å²) >= 11 is 0. The number of methoxy groups -OCH3 is 2. The predicted octanol–water partition coefficient (Wildman–Crippen LogP) is -0.397. The summed E-state index contributed by atoms with van der Waals surface area (Å²) in [7, 11) is 3.02. The van der Waals surface area contributed by atoms with E-state index in [4.69, 9.17) is 18.9 Å². The second-order valence-corrected chi connectivity index (χ2v) is 15.3. The number of hydrogen-bond donors (Lipinski definition) is 8. The lowest BCUT2D eigenvalue weighted by Gasteiger charge is -2.24. The molecule has 2 heterocycles. The Morgan fingerprint density at radius 2 is 1.03 bits per heavy atom. The van der Waals surface area contributed by atoms with E-state index >= 15 is 0 Å². The Morgan fingerprint density at radius 1 is 0.627 bits per heavy atom. The molecule has 2 aromatic carbocycles. The van der Waals surface area contributed by atoms with Crippen LogP contribution in [0.5, 0.6) is 11.5 Å². The average molecular weight is 831 g/mol.